The lowest BCUT2D eigenvalue weighted by molar-refractivity contribution is -0.0966. The second-order valence-corrected chi connectivity index (χ2v) is 9.01. The Balaban J connectivity index is 1.76. The highest BCUT2D eigenvalue weighted by atomic mass is 19.3. The van der Waals surface area contributed by atoms with E-state index in [9.17, 15) is 32.3 Å². The van der Waals surface area contributed by atoms with Gasteiger partial charge in [-0.05, 0) is 58.9 Å². The van der Waals surface area contributed by atoms with Crippen LogP contribution in [0, 0.1) is 35.4 Å². The molecule has 0 aliphatic heterocycles. The summed E-state index contributed by atoms with van der Waals surface area (Å²) in [5, 5.41) is 29.2. The minimum absolute atomic E-state index is 0.0439. The van der Waals surface area contributed by atoms with Crippen molar-refractivity contribution in [3.05, 3.63) is 81.2 Å². The SMILES string of the molecule is Cc1nc(C#N)ncc1-c1ccc([C@H]2C[C@H](F)[C@H](F)c3cc(F)cc(C#N)c32)c2c1[C@H](O)C(F)(F)C2. The Kier molecular flexibility index (Phi) is 5.53. The molecule has 2 aliphatic rings. The summed E-state index contributed by atoms with van der Waals surface area (Å²) in [5.74, 6) is -5.58. The van der Waals surface area contributed by atoms with Gasteiger partial charge in [-0.15, -0.1) is 0 Å². The first-order chi connectivity index (χ1) is 17.1. The molecule has 1 heterocycles. The predicted octanol–water partition coefficient (Wildman–Crippen LogP) is 5.44. The molecule has 0 saturated carbocycles. The molecule has 0 spiro atoms. The molecule has 0 saturated heterocycles. The van der Waals surface area contributed by atoms with Gasteiger partial charge < -0.3 is 5.11 Å². The zero-order valence-electron chi connectivity index (χ0n) is 18.7. The highest BCUT2D eigenvalue weighted by Crippen LogP contribution is 2.53. The summed E-state index contributed by atoms with van der Waals surface area (Å²) in [7, 11) is 0. The molecular formula is C26H17F5N4O. The Morgan fingerprint density at radius 2 is 1.81 bits per heavy atom. The number of aryl methyl sites for hydroxylation is 1. The van der Waals surface area contributed by atoms with Crippen LogP contribution in [0.2, 0.25) is 0 Å². The smallest absolute Gasteiger partial charge is 0.281 e. The fourth-order valence-electron chi connectivity index (χ4n) is 5.37. The number of hydrogen-bond acceptors (Lipinski definition) is 5. The van der Waals surface area contributed by atoms with Crippen molar-refractivity contribution in [3.8, 4) is 23.3 Å². The number of nitriles is 2. The van der Waals surface area contributed by atoms with Crippen LogP contribution in [0.4, 0.5) is 22.0 Å². The molecular weight excluding hydrogens is 479 g/mol. The normalized spacial score (nSPS) is 23.9. The Morgan fingerprint density at radius 3 is 2.47 bits per heavy atom. The van der Waals surface area contributed by atoms with Gasteiger partial charge in [0, 0.05) is 29.8 Å². The standard InChI is InChI=1S/C26H17F5N4O/c1-11-19(10-34-21(9-33)35-11)15-3-2-14(18-7-26(30,31)25(36)23(15)18)16-6-20(28)24(29)17-5-13(27)4-12(8-32)22(16)17/h2-5,10,16,20,24-25,36H,6-7H2,1H3/t16-,20+,24-,25+/m1/s1. The Hall–Kier alpha value is -3.89. The van der Waals surface area contributed by atoms with Gasteiger partial charge >= 0.3 is 0 Å². The summed E-state index contributed by atoms with van der Waals surface area (Å²) in [6.07, 6.45) is -6.42. The number of halogens is 5. The number of nitrogens with zero attached hydrogens (tertiary/aromatic N) is 4. The Labute approximate surface area is 202 Å². The number of alkyl halides is 4. The van der Waals surface area contributed by atoms with Crippen molar-refractivity contribution in [2.75, 3.05) is 0 Å². The zero-order chi connectivity index (χ0) is 25.9. The third kappa shape index (κ3) is 3.52. The number of aliphatic hydroxyl groups excluding tert-OH is 1. The molecule has 0 fully saturated rings. The summed E-state index contributed by atoms with van der Waals surface area (Å²) in [4.78, 5) is 7.95. The van der Waals surface area contributed by atoms with Gasteiger partial charge in [0.2, 0.25) is 5.82 Å². The lowest BCUT2D eigenvalue weighted by atomic mass is 9.73. The number of fused-ring (bicyclic) bond motifs is 2. The molecule has 1 aromatic heterocycles. The number of benzene rings is 2. The molecule has 5 rings (SSSR count). The molecule has 3 aromatic rings. The number of aliphatic hydroxyl groups is 1. The molecule has 0 bridgehead atoms. The van der Waals surface area contributed by atoms with E-state index < -0.39 is 48.9 Å². The largest absolute Gasteiger partial charge is 0.382 e. The van der Waals surface area contributed by atoms with Gasteiger partial charge in [-0.3, -0.25) is 0 Å². The molecule has 36 heavy (non-hydrogen) atoms. The molecule has 0 unspecified atom stereocenters. The van der Waals surface area contributed by atoms with E-state index in [1.54, 1.807) is 13.0 Å². The summed E-state index contributed by atoms with van der Waals surface area (Å²) >= 11 is 0. The molecule has 2 aromatic carbocycles. The van der Waals surface area contributed by atoms with Crippen LogP contribution in [0.15, 0.2) is 30.5 Å². The first-order valence-corrected chi connectivity index (χ1v) is 11.0. The van der Waals surface area contributed by atoms with Crippen LogP contribution in [0.5, 0.6) is 0 Å². The van der Waals surface area contributed by atoms with Crippen molar-refractivity contribution >= 4 is 0 Å². The lowest BCUT2D eigenvalue weighted by Crippen LogP contribution is -2.25. The molecule has 1 N–H and O–H groups in total. The van der Waals surface area contributed by atoms with Gasteiger partial charge in [0.15, 0.2) is 6.17 Å². The van der Waals surface area contributed by atoms with Crippen molar-refractivity contribution in [1.82, 2.24) is 9.97 Å². The van der Waals surface area contributed by atoms with E-state index in [1.165, 1.54) is 18.3 Å². The van der Waals surface area contributed by atoms with E-state index >= 15 is 0 Å². The zero-order valence-corrected chi connectivity index (χ0v) is 18.7. The highest BCUT2D eigenvalue weighted by Gasteiger charge is 2.50. The topological polar surface area (TPSA) is 93.6 Å². The molecule has 2 aliphatic carbocycles. The minimum Gasteiger partial charge on any atom is -0.382 e. The quantitative estimate of drug-likeness (QED) is 0.477. The van der Waals surface area contributed by atoms with Gasteiger partial charge in [0.25, 0.3) is 5.92 Å². The summed E-state index contributed by atoms with van der Waals surface area (Å²) in [5.41, 5.74) is 0.540. The summed E-state index contributed by atoms with van der Waals surface area (Å²) in [6.45, 7) is 1.57. The van der Waals surface area contributed by atoms with Crippen molar-refractivity contribution in [1.29, 1.82) is 10.5 Å². The first kappa shape index (κ1) is 23.8. The van der Waals surface area contributed by atoms with Crippen molar-refractivity contribution in [2.45, 2.75) is 50.1 Å². The number of hydrogen-bond donors (Lipinski definition) is 1. The molecule has 0 radical (unpaired) electrons. The maximum atomic E-state index is 14.9. The van der Waals surface area contributed by atoms with Gasteiger partial charge in [-0.25, -0.2) is 31.9 Å². The minimum atomic E-state index is -3.55. The van der Waals surface area contributed by atoms with E-state index in [-0.39, 0.29) is 44.8 Å². The monoisotopic (exact) mass is 496 g/mol. The van der Waals surface area contributed by atoms with Crippen molar-refractivity contribution in [2.24, 2.45) is 0 Å². The summed E-state index contributed by atoms with van der Waals surface area (Å²) < 4.78 is 73.3. The Bertz CT molecular complexity index is 1490. The predicted molar refractivity (Wildman–Crippen MR) is 117 cm³/mol. The van der Waals surface area contributed by atoms with Crippen molar-refractivity contribution in [3.63, 3.8) is 0 Å². The first-order valence-electron chi connectivity index (χ1n) is 11.0. The van der Waals surface area contributed by atoms with E-state index in [0.29, 0.717) is 11.3 Å². The van der Waals surface area contributed by atoms with Crippen LogP contribution in [-0.2, 0) is 6.42 Å². The lowest BCUT2D eigenvalue weighted by Gasteiger charge is -2.33. The maximum absolute atomic E-state index is 14.9. The molecule has 4 atom stereocenters. The Morgan fingerprint density at radius 1 is 1.06 bits per heavy atom. The molecule has 182 valence electrons. The van der Waals surface area contributed by atoms with Crippen LogP contribution in [-0.4, -0.2) is 27.2 Å². The average molecular weight is 496 g/mol. The van der Waals surface area contributed by atoms with E-state index in [1.807, 2.05) is 6.07 Å². The number of aromatic nitrogens is 2. The molecule has 5 nitrogen and oxygen atoms in total. The van der Waals surface area contributed by atoms with Gasteiger partial charge in [0.1, 0.15) is 24.2 Å². The fraction of sp³-hybridized carbons (Fsp3) is 0.308. The molecule has 10 heteroatoms. The van der Waals surface area contributed by atoms with Gasteiger partial charge in [-0.2, -0.15) is 10.5 Å². The third-order valence-electron chi connectivity index (χ3n) is 6.95. The van der Waals surface area contributed by atoms with Crippen LogP contribution >= 0.6 is 0 Å². The van der Waals surface area contributed by atoms with Gasteiger partial charge in [0.05, 0.1) is 11.6 Å². The number of rotatable bonds is 2. The van der Waals surface area contributed by atoms with Gasteiger partial charge in [-0.1, -0.05) is 12.1 Å². The second-order valence-electron chi connectivity index (χ2n) is 9.01. The van der Waals surface area contributed by atoms with Crippen LogP contribution in [0.25, 0.3) is 11.1 Å². The van der Waals surface area contributed by atoms with E-state index in [4.69, 9.17) is 5.26 Å². The maximum Gasteiger partial charge on any atom is 0.281 e. The second kappa shape index (κ2) is 8.35. The fourth-order valence-corrected chi connectivity index (χ4v) is 5.37. The highest BCUT2D eigenvalue weighted by molar-refractivity contribution is 5.74. The summed E-state index contributed by atoms with van der Waals surface area (Å²) in [6, 6.07) is 8.28. The third-order valence-corrected chi connectivity index (χ3v) is 6.95. The van der Waals surface area contributed by atoms with Crippen molar-refractivity contribution < 1.29 is 27.1 Å². The van der Waals surface area contributed by atoms with Crippen LogP contribution in [0.3, 0.4) is 0 Å². The average Bonchev–Trinajstić information content (AvgIpc) is 3.09. The van der Waals surface area contributed by atoms with E-state index in [2.05, 4.69) is 9.97 Å². The van der Waals surface area contributed by atoms with Crippen LogP contribution in [0.1, 0.15) is 69.5 Å². The van der Waals surface area contributed by atoms with Crippen LogP contribution < -0.4 is 0 Å². The molecule has 0 amide bonds. The van der Waals surface area contributed by atoms with E-state index in [0.717, 1.165) is 12.1 Å².